The molecule has 1 saturated heterocycles. The van der Waals surface area contributed by atoms with Crippen molar-refractivity contribution in [3.8, 4) is 6.07 Å². The van der Waals surface area contributed by atoms with Gasteiger partial charge in [-0.25, -0.2) is 4.79 Å². The van der Waals surface area contributed by atoms with Crippen molar-refractivity contribution in [1.82, 2.24) is 4.90 Å². The Morgan fingerprint density at radius 1 is 1.21 bits per heavy atom. The zero-order valence-corrected chi connectivity index (χ0v) is 19.5. The SMILES string of the molecule is C[C@@H](OC(=O)[C@@H]1C[C@H](O)CN1C(=O)C12CC3CC(CC(C3)C1)C2)C(=O)Nc1sccc1C#N. The highest BCUT2D eigenvalue weighted by atomic mass is 32.1. The largest absolute Gasteiger partial charge is 0.451 e. The third kappa shape index (κ3) is 4.04. The fraction of sp³-hybridized carbons (Fsp3) is 0.667. The van der Waals surface area contributed by atoms with Crippen LogP contribution in [-0.2, 0) is 19.1 Å². The van der Waals surface area contributed by atoms with E-state index in [4.69, 9.17) is 10.00 Å². The van der Waals surface area contributed by atoms with Gasteiger partial charge in [-0.2, -0.15) is 5.26 Å². The molecule has 3 atom stereocenters. The van der Waals surface area contributed by atoms with Crippen molar-refractivity contribution in [3.05, 3.63) is 17.0 Å². The number of aliphatic hydroxyl groups is 1. The first kappa shape index (κ1) is 22.4. The van der Waals surface area contributed by atoms with Gasteiger partial charge in [0.25, 0.3) is 5.91 Å². The fourth-order valence-corrected chi connectivity index (χ4v) is 7.69. The van der Waals surface area contributed by atoms with Crippen LogP contribution in [0.1, 0.15) is 57.4 Å². The van der Waals surface area contributed by atoms with Gasteiger partial charge >= 0.3 is 5.97 Å². The Kier molecular flexibility index (Phi) is 5.69. The quantitative estimate of drug-likeness (QED) is 0.637. The Bertz CT molecular complexity index is 979. The number of nitriles is 1. The third-order valence-electron chi connectivity index (χ3n) is 7.99. The van der Waals surface area contributed by atoms with E-state index in [1.807, 2.05) is 6.07 Å². The predicted molar refractivity (Wildman–Crippen MR) is 120 cm³/mol. The first-order chi connectivity index (χ1) is 15.8. The number of nitrogens with one attached hydrogen (secondary N) is 1. The number of anilines is 1. The minimum Gasteiger partial charge on any atom is -0.451 e. The predicted octanol–water partition coefficient (Wildman–Crippen LogP) is 2.67. The number of rotatable bonds is 5. The van der Waals surface area contributed by atoms with Gasteiger partial charge in [-0.3, -0.25) is 9.59 Å². The number of carbonyl (C=O) groups is 3. The molecule has 2 amide bonds. The van der Waals surface area contributed by atoms with Gasteiger partial charge < -0.3 is 20.1 Å². The number of β-amino-alcohol motifs (C(OH)–C–C–N with tert-alkyl or cyclic N) is 1. The van der Waals surface area contributed by atoms with E-state index in [9.17, 15) is 19.5 Å². The zero-order chi connectivity index (χ0) is 23.3. The highest BCUT2D eigenvalue weighted by molar-refractivity contribution is 7.14. The number of amides is 2. The topological polar surface area (TPSA) is 120 Å². The molecular formula is C24H29N3O5S. The molecule has 6 rings (SSSR count). The van der Waals surface area contributed by atoms with Crippen molar-refractivity contribution in [2.75, 3.05) is 11.9 Å². The van der Waals surface area contributed by atoms with Crippen LogP contribution in [0.2, 0.25) is 0 Å². The number of ether oxygens (including phenoxy) is 1. The lowest BCUT2D eigenvalue weighted by Gasteiger charge is -2.56. The first-order valence-corrected chi connectivity index (χ1v) is 12.6. The molecule has 0 radical (unpaired) electrons. The van der Waals surface area contributed by atoms with Crippen LogP contribution in [0.5, 0.6) is 0 Å². The van der Waals surface area contributed by atoms with Crippen LogP contribution in [0.25, 0.3) is 0 Å². The monoisotopic (exact) mass is 471 g/mol. The molecule has 4 saturated carbocycles. The Morgan fingerprint density at radius 3 is 2.45 bits per heavy atom. The number of esters is 1. The van der Waals surface area contributed by atoms with Crippen LogP contribution < -0.4 is 5.32 Å². The maximum Gasteiger partial charge on any atom is 0.329 e. The lowest BCUT2D eigenvalue weighted by Crippen LogP contribution is -2.56. The minimum absolute atomic E-state index is 0.0190. The Balaban J connectivity index is 1.26. The summed E-state index contributed by atoms with van der Waals surface area (Å²) in [6.07, 6.45) is 4.53. The fourth-order valence-electron chi connectivity index (χ4n) is 6.95. The summed E-state index contributed by atoms with van der Waals surface area (Å²) < 4.78 is 5.43. The standard InChI is InChI=1S/C24H29N3O5S/c1-13(20(29)26-21-17(11-25)2-3-33-21)32-22(30)19-7-18(28)12-27(19)23(31)24-8-14-4-15(9-24)6-16(5-14)10-24/h2-3,13-16,18-19,28H,4-10,12H2,1H3,(H,26,29)/t13-,14?,15?,16?,18+,19+,24?/m1/s1. The van der Waals surface area contributed by atoms with Crippen molar-refractivity contribution in [1.29, 1.82) is 5.26 Å². The van der Waals surface area contributed by atoms with Crippen molar-refractivity contribution in [2.24, 2.45) is 23.2 Å². The molecule has 33 heavy (non-hydrogen) atoms. The molecule has 1 aromatic rings. The molecule has 2 heterocycles. The molecule has 0 spiro atoms. The Hall–Kier alpha value is -2.44. The third-order valence-corrected chi connectivity index (χ3v) is 8.82. The van der Waals surface area contributed by atoms with Gasteiger partial charge in [0.05, 0.1) is 17.1 Å². The van der Waals surface area contributed by atoms with Gasteiger partial charge in [-0.15, -0.1) is 11.3 Å². The molecular weight excluding hydrogens is 442 g/mol. The second-order valence-corrected chi connectivity index (χ2v) is 11.3. The summed E-state index contributed by atoms with van der Waals surface area (Å²) in [6.45, 7) is 1.59. The number of aliphatic hydroxyl groups excluding tert-OH is 1. The van der Waals surface area contributed by atoms with Crippen LogP contribution in [0.3, 0.4) is 0 Å². The highest BCUT2D eigenvalue weighted by Crippen LogP contribution is 2.60. The molecule has 4 bridgehead atoms. The molecule has 8 nitrogen and oxygen atoms in total. The molecule has 4 aliphatic carbocycles. The number of nitrogens with zero attached hydrogens (tertiary/aromatic N) is 2. The molecule has 1 aliphatic heterocycles. The van der Waals surface area contributed by atoms with Crippen LogP contribution in [0, 0.1) is 34.5 Å². The van der Waals surface area contributed by atoms with Crippen molar-refractivity contribution >= 4 is 34.1 Å². The Labute approximate surface area is 196 Å². The average molecular weight is 472 g/mol. The summed E-state index contributed by atoms with van der Waals surface area (Å²) in [5.41, 5.74) is -0.0640. The molecule has 0 aromatic carbocycles. The maximum atomic E-state index is 13.8. The van der Waals surface area contributed by atoms with E-state index in [-0.39, 0.29) is 18.9 Å². The van der Waals surface area contributed by atoms with Crippen molar-refractivity contribution < 1.29 is 24.2 Å². The average Bonchev–Trinajstić information content (AvgIpc) is 3.38. The van der Waals surface area contributed by atoms with Gasteiger partial charge in [0.1, 0.15) is 17.1 Å². The molecule has 2 N–H and O–H groups in total. The van der Waals surface area contributed by atoms with Gasteiger partial charge in [0.15, 0.2) is 6.10 Å². The van der Waals surface area contributed by atoms with E-state index in [1.165, 1.54) is 42.4 Å². The van der Waals surface area contributed by atoms with Gasteiger partial charge in [-0.05, 0) is 74.6 Å². The van der Waals surface area contributed by atoms with Crippen LogP contribution in [0.15, 0.2) is 11.4 Å². The molecule has 0 unspecified atom stereocenters. The summed E-state index contributed by atoms with van der Waals surface area (Å²) >= 11 is 1.21. The van der Waals surface area contributed by atoms with E-state index in [0.29, 0.717) is 28.3 Å². The smallest absolute Gasteiger partial charge is 0.329 e. The van der Waals surface area contributed by atoms with Gasteiger partial charge in [0, 0.05) is 13.0 Å². The number of thiophene rings is 1. The first-order valence-electron chi connectivity index (χ1n) is 11.8. The lowest BCUT2D eigenvalue weighted by atomic mass is 9.49. The molecule has 5 fully saturated rings. The second-order valence-electron chi connectivity index (χ2n) is 10.4. The number of hydrogen-bond acceptors (Lipinski definition) is 7. The Morgan fingerprint density at radius 2 is 1.85 bits per heavy atom. The van der Waals surface area contributed by atoms with E-state index in [0.717, 1.165) is 19.3 Å². The number of carbonyl (C=O) groups excluding carboxylic acids is 3. The van der Waals surface area contributed by atoms with E-state index in [2.05, 4.69) is 5.32 Å². The summed E-state index contributed by atoms with van der Waals surface area (Å²) in [4.78, 5) is 40.8. The summed E-state index contributed by atoms with van der Waals surface area (Å²) in [5, 5.41) is 24.1. The number of likely N-dealkylation sites (tertiary alicyclic amines) is 1. The van der Waals surface area contributed by atoms with Crippen molar-refractivity contribution in [3.63, 3.8) is 0 Å². The van der Waals surface area contributed by atoms with Gasteiger partial charge in [-0.1, -0.05) is 0 Å². The highest BCUT2D eigenvalue weighted by Gasteiger charge is 2.57. The number of hydrogen-bond donors (Lipinski definition) is 2. The van der Waals surface area contributed by atoms with Crippen LogP contribution in [0.4, 0.5) is 5.00 Å². The minimum atomic E-state index is -1.10. The summed E-state index contributed by atoms with van der Waals surface area (Å²) in [5.74, 6) is 0.556. The van der Waals surface area contributed by atoms with Crippen molar-refractivity contribution in [2.45, 2.75) is 70.1 Å². The van der Waals surface area contributed by atoms with Crippen LogP contribution >= 0.6 is 11.3 Å². The summed E-state index contributed by atoms with van der Waals surface area (Å²) in [7, 11) is 0. The zero-order valence-electron chi connectivity index (χ0n) is 18.7. The van der Waals surface area contributed by atoms with Gasteiger partial charge in [0.2, 0.25) is 5.91 Å². The van der Waals surface area contributed by atoms with E-state index >= 15 is 0 Å². The molecule has 5 aliphatic rings. The van der Waals surface area contributed by atoms with Crippen LogP contribution in [-0.4, -0.2) is 52.6 Å². The lowest BCUT2D eigenvalue weighted by molar-refractivity contribution is -0.168. The van der Waals surface area contributed by atoms with E-state index in [1.54, 1.807) is 11.4 Å². The normalized spacial score (nSPS) is 35.2. The molecule has 1 aromatic heterocycles. The second kappa shape index (κ2) is 8.41. The van der Waals surface area contributed by atoms with E-state index < -0.39 is 35.5 Å². The molecule has 9 heteroatoms. The summed E-state index contributed by atoms with van der Waals surface area (Å²) in [6, 6.07) is 2.72. The maximum absolute atomic E-state index is 13.8. The molecule has 176 valence electrons.